The second-order valence-corrected chi connectivity index (χ2v) is 11.0. The Morgan fingerprint density at radius 2 is 1.07 bits per heavy atom. The quantitative estimate of drug-likeness (QED) is 0.215. The van der Waals surface area contributed by atoms with Crippen molar-refractivity contribution < 1.29 is 0 Å². The Bertz CT molecular complexity index is 2020. The van der Waals surface area contributed by atoms with Gasteiger partial charge in [0.15, 0.2) is 17.5 Å². The van der Waals surface area contributed by atoms with Crippen LogP contribution in [0.4, 0.5) is 17.1 Å². The van der Waals surface area contributed by atoms with Gasteiger partial charge in [-0.3, -0.25) is 4.98 Å². The second-order valence-electron chi connectivity index (χ2n) is 9.95. The van der Waals surface area contributed by atoms with E-state index in [2.05, 4.69) is 71.6 Å². The summed E-state index contributed by atoms with van der Waals surface area (Å²) in [6.45, 7) is 0. The molecule has 2 aromatic heterocycles. The predicted octanol–water partition coefficient (Wildman–Crippen LogP) is 9.36. The largest absolute Gasteiger partial charge is 0.306 e. The monoisotopic (exact) mass is 557 g/mol. The third-order valence-corrected chi connectivity index (χ3v) is 8.54. The van der Waals surface area contributed by atoms with E-state index in [1.54, 1.807) is 11.8 Å². The third kappa shape index (κ3) is 4.21. The molecule has 0 N–H and O–H groups in total. The lowest BCUT2D eigenvalue weighted by Crippen LogP contribution is -2.16. The van der Waals surface area contributed by atoms with Gasteiger partial charge in [-0.15, -0.1) is 0 Å². The summed E-state index contributed by atoms with van der Waals surface area (Å²) < 4.78 is 0. The smallest absolute Gasteiger partial charge is 0.165 e. The van der Waals surface area contributed by atoms with Gasteiger partial charge in [-0.25, -0.2) is 15.0 Å². The molecule has 0 atom stereocenters. The molecule has 5 aromatic carbocycles. The maximum Gasteiger partial charge on any atom is 0.165 e. The Morgan fingerprint density at radius 1 is 0.476 bits per heavy atom. The Labute approximate surface area is 247 Å². The zero-order valence-electron chi connectivity index (χ0n) is 22.4. The van der Waals surface area contributed by atoms with Crippen molar-refractivity contribution in [3.63, 3.8) is 0 Å². The molecule has 0 saturated heterocycles. The molecule has 5 nitrogen and oxygen atoms in total. The van der Waals surface area contributed by atoms with Crippen LogP contribution in [0.5, 0.6) is 0 Å². The van der Waals surface area contributed by atoms with Gasteiger partial charge >= 0.3 is 0 Å². The number of rotatable bonds is 4. The minimum absolute atomic E-state index is 0.641. The first-order valence-electron chi connectivity index (χ1n) is 13.7. The van der Waals surface area contributed by atoms with E-state index in [1.807, 2.05) is 72.9 Å². The number of nitrogens with zero attached hydrogens (tertiary/aromatic N) is 5. The van der Waals surface area contributed by atoms with E-state index in [0.717, 1.165) is 54.4 Å². The highest BCUT2D eigenvalue weighted by Crippen LogP contribution is 2.54. The first kappa shape index (κ1) is 24.5. The molecule has 0 saturated carbocycles. The molecule has 6 heteroatoms. The molecular weight excluding hydrogens is 534 g/mol. The minimum atomic E-state index is 0.641. The highest BCUT2D eigenvalue weighted by Gasteiger charge is 2.29. The van der Waals surface area contributed by atoms with Crippen molar-refractivity contribution in [3.05, 3.63) is 140 Å². The maximum atomic E-state index is 5.04. The molecule has 0 aliphatic carbocycles. The van der Waals surface area contributed by atoms with Crippen LogP contribution in [-0.4, -0.2) is 19.9 Å². The van der Waals surface area contributed by atoms with Crippen LogP contribution in [0.1, 0.15) is 0 Å². The van der Waals surface area contributed by atoms with Crippen molar-refractivity contribution in [3.8, 4) is 34.2 Å². The number of aromatic nitrogens is 4. The highest BCUT2D eigenvalue weighted by atomic mass is 32.2. The van der Waals surface area contributed by atoms with E-state index in [9.17, 15) is 0 Å². The fourth-order valence-electron chi connectivity index (χ4n) is 5.41. The molecule has 0 spiro atoms. The van der Waals surface area contributed by atoms with Gasteiger partial charge in [0.05, 0.1) is 22.6 Å². The van der Waals surface area contributed by atoms with Gasteiger partial charge in [0.1, 0.15) is 0 Å². The lowest BCUT2D eigenvalue weighted by atomic mass is 10.1. The van der Waals surface area contributed by atoms with E-state index >= 15 is 0 Å². The summed E-state index contributed by atoms with van der Waals surface area (Å²) in [6, 6.07) is 45.5. The number of hydrogen-bond acceptors (Lipinski definition) is 6. The predicted molar refractivity (Wildman–Crippen MR) is 170 cm³/mol. The number of para-hydroxylation sites is 2. The Balaban J connectivity index is 1.37. The zero-order chi connectivity index (χ0) is 27.9. The average Bonchev–Trinajstić information content (AvgIpc) is 3.07. The lowest BCUT2D eigenvalue weighted by molar-refractivity contribution is 1.06. The van der Waals surface area contributed by atoms with Gasteiger partial charge in [-0.1, -0.05) is 109 Å². The number of anilines is 3. The zero-order valence-corrected chi connectivity index (χ0v) is 23.2. The fraction of sp³-hybridized carbons (Fsp3) is 0. The molecular formula is C36H23N5S. The van der Waals surface area contributed by atoms with Crippen LogP contribution in [0.2, 0.25) is 0 Å². The van der Waals surface area contributed by atoms with Gasteiger partial charge in [0.25, 0.3) is 0 Å². The SMILES string of the molecule is c1ccc(-c2nc(-c3ccccc3)nc(-c3cccc4c3Sc3ccccc3N4c3cccc4cccnc34)n2)cc1. The van der Waals surface area contributed by atoms with Gasteiger partial charge in [0.2, 0.25) is 0 Å². The Hall–Kier alpha value is -5.33. The van der Waals surface area contributed by atoms with Gasteiger partial charge < -0.3 is 4.90 Å². The standard InChI is InChI=1S/C36H23N5S/c1-3-12-25(13-4-1)34-38-35(26-14-5-2-6-15-26)40-36(39-34)27-18-10-21-30-33(27)42-31-22-8-7-19-28(31)41(30)29-20-9-16-24-17-11-23-37-32(24)29/h1-23H. The molecule has 0 bridgehead atoms. The van der Waals surface area contributed by atoms with Crippen LogP contribution in [0.25, 0.3) is 45.1 Å². The topological polar surface area (TPSA) is 54.8 Å². The van der Waals surface area contributed by atoms with Gasteiger partial charge in [-0.05, 0) is 36.4 Å². The summed E-state index contributed by atoms with van der Waals surface area (Å²) in [7, 11) is 0. The normalized spacial score (nSPS) is 12.1. The molecule has 1 aliphatic heterocycles. The third-order valence-electron chi connectivity index (χ3n) is 7.35. The summed E-state index contributed by atoms with van der Waals surface area (Å²) in [5, 5.41) is 1.10. The summed E-state index contributed by atoms with van der Waals surface area (Å²) in [6.07, 6.45) is 1.86. The molecule has 0 radical (unpaired) electrons. The number of fused-ring (bicyclic) bond motifs is 3. The first-order valence-corrected chi connectivity index (χ1v) is 14.6. The number of benzene rings is 5. The van der Waals surface area contributed by atoms with Crippen LogP contribution in [-0.2, 0) is 0 Å². The van der Waals surface area contributed by atoms with Crippen molar-refractivity contribution in [2.24, 2.45) is 0 Å². The van der Waals surface area contributed by atoms with Crippen molar-refractivity contribution >= 4 is 39.7 Å². The van der Waals surface area contributed by atoms with E-state index in [4.69, 9.17) is 19.9 Å². The van der Waals surface area contributed by atoms with Crippen molar-refractivity contribution in [1.29, 1.82) is 0 Å². The molecule has 0 fully saturated rings. The summed E-state index contributed by atoms with van der Waals surface area (Å²) >= 11 is 1.75. The lowest BCUT2D eigenvalue weighted by Gasteiger charge is -2.34. The van der Waals surface area contributed by atoms with Crippen LogP contribution in [0, 0.1) is 0 Å². The second kappa shape index (κ2) is 10.3. The van der Waals surface area contributed by atoms with Crippen molar-refractivity contribution in [2.75, 3.05) is 4.90 Å². The van der Waals surface area contributed by atoms with E-state index < -0.39 is 0 Å². The highest BCUT2D eigenvalue weighted by molar-refractivity contribution is 8.00. The van der Waals surface area contributed by atoms with Crippen LogP contribution in [0.15, 0.2) is 149 Å². The number of hydrogen-bond donors (Lipinski definition) is 0. The van der Waals surface area contributed by atoms with E-state index in [0.29, 0.717) is 17.5 Å². The molecule has 3 heterocycles. The van der Waals surface area contributed by atoms with Gasteiger partial charge in [0, 0.05) is 38.1 Å². The number of pyridine rings is 1. The minimum Gasteiger partial charge on any atom is -0.306 e. The molecule has 0 amide bonds. The Kier molecular flexibility index (Phi) is 5.97. The van der Waals surface area contributed by atoms with Crippen molar-refractivity contribution in [2.45, 2.75) is 9.79 Å². The van der Waals surface area contributed by atoms with Gasteiger partial charge in [-0.2, -0.15) is 0 Å². The molecule has 198 valence electrons. The Morgan fingerprint density at radius 3 is 1.83 bits per heavy atom. The van der Waals surface area contributed by atoms with Crippen LogP contribution < -0.4 is 4.90 Å². The summed E-state index contributed by atoms with van der Waals surface area (Å²) in [4.78, 5) is 24.3. The van der Waals surface area contributed by atoms with Crippen LogP contribution >= 0.6 is 11.8 Å². The first-order chi connectivity index (χ1) is 20.8. The summed E-state index contributed by atoms with van der Waals surface area (Å²) in [5.74, 6) is 1.93. The average molecular weight is 558 g/mol. The van der Waals surface area contributed by atoms with Crippen LogP contribution in [0.3, 0.4) is 0 Å². The maximum absolute atomic E-state index is 5.04. The molecule has 1 aliphatic rings. The molecule has 0 unspecified atom stereocenters. The van der Waals surface area contributed by atoms with Crippen molar-refractivity contribution in [1.82, 2.24) is 19.9 Å². The van der Waals surface area contributed by atoms with E-state index in [1.165, 1.54) is 0 Å². The fourth-order valence-corrected chi connectivity index (χ4v) is 6.57. The molecule has 42 heavy (non-hydrogen) atoms. The molecule has 8 rings (SSSR count). The van der Waals surface area contributed by atoms with E-state index in [-0.39, 0.29) is 0 Å². The summed E-state index contributed by atoms with van der Waals surface area (Å²) in [5.41, 5.74) is 7.03. The molecule has 7 aromatic rings.